The van der Waals surface area contributed by atoms with Crippen LogP contribution in [-0.2, 0) is 16.0 Å². The molecule has 0 aliphatic heterocycles. The van der Waals surface area contributed by atoms with Crippen molar-refractivity contribution in [3.05, 3.63) is 23.3 Å². The predicted octanol–water partition coefficient (Wildman–Crippen LogP) is 1.02. The number of hydrogen-bond acceptors (Lipinski definition) is 5. The fraction of sp³-hybridized carbons (Fsp3) is 0.273. The zero-order valence-electron chi connectivity index (χ0n) is 8.98. The van der Waals surface area contributed by atoms with Crippen LogP contribution >= 0.6 is 0 Å². The van der Waals surface area contributed by atoms with E-state index < -0.39 is 11.7 Å². The minimum Gasteiger partial charge on any atom is -0.508 e. The Hall–Kier alpha value is -2.04. The van der Waals surface area contributed by atoms with Gasteiger partial charge < -0.3 is 14.9 Å². The second kappa shape index (κ2) is 4.65. The number of carbonyl (C=O) groups is 2. The number of ether oxygens (including phenoxy) is 1. The number of carbonyl (C=O) groups excluding carboxylic acids is 2. The first-order chi connectivity index (χ1) is 7.45. The van der Waals surface area contributed by atoms with Crippen molar-refractivity contribution in [1.82, 2.24) is 0 Å². The van der Waals surface area contributed by atoms with Gasteiger partial charge in [-0.2, -0.15) is 0 Å². The number of ketones is 1. The van der Waals surface area contributed by atoms with Gasteiger partial charge in [0.1, 0.15) is 22.8 Å². The van der Waals surface area contributed by atoms with Crippen LogP contribution in [0.2, 0.25) is 0 Å². The van der Waals surface area contributed by atoms with Gasteiger partial charge >= 0.3 is 5.97 Å². The van der Waals surface area contributed by atoms with Crippen molar-refractivity contribution in [3.63, 3.8) is 0 Å². The minimum absolute atomic E-state index is 0.0492. The van der Waals surface area contributed by atoms with Crippen molar-refractivity contribution in [2.45, 2.75) is 13.3 Å². The number of hydrogen-bond donors (Lipinski definition) is 2. The zero-order valence-corrected chi connectivity index (χ0v) is 8.98. The lowest BCUT2D eigenvalue weighted by molar-refractivity contribution is -0.116. The van der Waals surface area contributed by atoms with E-state index in [9.17, 15) is 19.8 Å². The molecular weight excluding hydrogens is 212 g/mol. The third-order valence-electron chi connectivity index (χ3n) is 2.01. The lowest BCUT2D eigenvalue weighted by Gasteiger charge is -2.09. The van der Waals surface area contributed by atoms with E-state index in [0.717, 1.165) is 6.07 Å². The van der Waals surface area contributed by atoms with E-state index in [-0.39, 0.29) is 29.1 Å². The van der Waals surface area contributed by atoms with Gasteiger partial charge in [-0.1, -0.05) is 0 Å². The molecule has 0 bridgehead atoms. The van der Waals surface area contributed by atoms with Gasteiger partial charge in [-0.25, -0.2) is 4.79 Å². The first-order valence-corrected chi connectivity index (χ1v) is 4.58. The Morgan fingerprint density at radius 3 is 2.44 bits per heavy atom. The largest absolute Gasteiger partial charge is 0.508 e. The van der Waals surface area contributed by atoms with Crippen LogP contribution in [0.15, 0.2) is 12.1 Å². The molecule has 0 fully saturated rings. The maximum atomic E-state index is 11.4. The summed E-state index contributed by atoms with van der Waals surface area (Å²) in [6.45, 7) is 1.35. The molecule has 0 aromatic heterocycles. The SMILES string of the molecule is COC(=O)c1c(O)cc(O)cc1CC(C)=O. The number of aromatic hydroxyl groups is 2. The summed E-state index contributed by atoms with van der Waals surface area (Å²) in [6, 6.07) is 2.28. The van der Waals surface area contributed by atoms with E-state index in [1.54, 1.807) is 0 Å². The van der Waals surface area contributed by atoms with Gasteiger partial charge in [0, 0.05) is 12.5 Å². The van der Waals surface area contributed by atoms with Crippen molar-refractivity contribution in [2.24, 2.45) is 0 Å². The van der Waals surface area contributed by atoms with Crippen LogP contribution in [0.25, 0.3) is 0 Å². The lowest BCUT2D eigenvalue weighted by atomic mass is 10.0. The Morgan fingerprint density at radius 2 is 1.94 bits per heavy atom. The standard InChI is InChI=1S/C11H12O5/c1-6(12)3-7-4-8(13)5-9(14)10(7)11(15)16-2/h4-5,13-14H,3H2,1-2H3. The fourth-order valence-electron chi connectivity index (χ4n) is 1.41. The van der Waals surface area contributed by atoms with Gasteiger partial charge in [-0.05, 0) is 18.6 Å². The molecule has 0 heterocycles. The van der Waals surface area contributed by atoms with Crippen molar-refractivity contribution in [1.29, 1.82) is 0 Å². The number of methoxy groups -OCH3 is 1. The summed E-state index contributed by atoms with van der Waals surface area (Å²) in [5.74, 6) is -1.53. The maximum Gasteiger partial charge on any atom is 0.341 e. The number of phenolic OH excluding ortho intramolecular Hbond substituents is 2. The summed E-state index contributed by atoms with van der Waals surface area (Å²) in [4.78, 5) is 22.4. The van der Waals surface area contributed by atoms with Crippen molar-refractivity contribution in [2.75, 3.05) is 7.11 Å². The average molecular weight is 224 g/mol. The summed E-state index contributed by atoms with van der Waals surface area (Å²) in [5, 5.41) is 18.8. The molecule has 0 spiro atoms. The van der Waals surface area contributed by atoms with Crippen LogP contribution in [0.4, 0.5) is 0 Å². The Morgan fingerprint density at radius 1 is 1.31 bits per heavy atom. The van der Waals surface area contributed by atoms with Crippen LogP contribution in [0, 0.1) is 0 Å². The van der Waals surface area contributed by atoms with Crippen molar-refractivity contribution < 1.29 is 24.5 Å². The van der Waals surface area contributed by atoms with Gasteiger partial charge in [0.15, 0.2) is 0 Å². The molecule has 0 saturated carbocycles. The van der Waals surface area contributed by atoms with Crippen molar-refractivity contribution >= 4 is 11.8 Å². The second-order valence-corrected chi connectivity index (χ2v) is 3.37. The summed E-state index contributed by atoms with van der Waals surface area (Å²) in [7, 11) is 1.17. The molecular formula is C11H12O5. The summed E-state index contributed by atoms with van der Waals surface area (Å²) < 4.78 is 4.49. The van der Waals surface area contributed by atoms with Crippen LogP contribution in [0.3, 0.4) is 0 Å². The summed E-state index contributed by atoms with van der Waals surface area (Å²) >= 11 is 0. The van der Waals surface area contributed by atoms with Crippen molar-refractivity contribution in [3.8, 4) is 11.5 Å². The molecule has 0 unspecified atom stereocenters. The molecule has 5 heteroatoms. The topological polar surface area (TPSA) is 83.8 Å². The van der Waals surface area contributed by atoms with E-state index >= 15 is 0 Å². The highest BCUT2D eigenvalue weighted by Gasteiger charge is 2.19. The highest BCUT2D eigenvalue weighted by Crippen LogP contribution is 2.28. The second-order valence-electron chi connectivity index (χ2n) is 3.37. The van der Waals surface area contributed by atoms with E-state index in [1.807, 2.05) is 0 Å². The summed E-state index contributed by atoms with van der Waals surface area (Å²) in [6.07, 6.45) is -0.0492. The molecule has 1 rings (SSSR count). The van der Waals surface area contributed by atoms with Crippen LogP contribution in [0.5, 0.6) is 11.5 Å². The Balaban J connectivity index is 3.31. The molecule has 0 aliphatic rings. The number of rotatable bonds is 3. The first kappa shape index (κ1) is 12.0. The van der Waals surface area contributed by atoms with Crippen LogP contribution < -0.4 is 0 Å². The molecule has 0 radical (unpaired) electrons. The smallest absolute Gasteiger partial charge is 0.341 e. The predicted molar refractivity (Wildman–Crippen MR) is 55.5 cm³/mol. The molecule has 0 atom stereocenters. The normalized spacial score (nSPS) is 9.88. The lowest BCUT2D eigenvalue weighted by Crippen LogP contribution is -2.08. The summed E-state index contributed by atoms with van der Waals surface area (Å²) in [5.41, 5.74) is 0.160. The molecule has 2 N–H and O–H groups in total. The monoisotopic (exact) mass is 224 g/mol. The quantitative estimate of drug-likeness (QED) is 0.749. The molecule has 0 saturated heterocycles. The van der Waals surface area contributed by atoms with Gasteiger partial charge in [0.2, 0.25) is 0 Å². The molecule has 5 nitrogen and oxygen atoms in total. The molecule has 16 heavy (non-hydrogen) atoms. The van der Waals surface area contributed by atoms with Gasteiger partial charge in [-0.3, -0.25) is 4.79 Å². The highest BCUT2D eigenvalue weighted by atomic mass is 16.5. The first-order valence-electron chi connectivity index (χ1n) is 4.58. The maximum absolute atomic E-state index is 11.4. The number of phenols is 2. The average Bonchev–Trinajstić information content (AvgIpc) is 2.14. The van der Waals surface area contributed by atoms with Crippen LogP contribution in [-0.4, -0.2) is 29.1 Å². The van der Waals surface area contributed by atoms with Gasteiger partial charge in [0.25, 0.3) is 0 Å². The van der Waals surface area contributed by atoms with Gasteiger partial charge in [-0.15, -0.1) is 0 Å². The molecule has 0 aliphatic carbocycles. The van der Waals surface area contributed by atoms with Crippen LogP contribution in [0.1, 0.15) is 22.8 Å². The fourth-order valence-corrected chi connectivity index (χ4v) is 1.41. The molecule has 86 valence electrons. The minimum atomic E-state index is -0.742. The van der Waals surface area contributed by atoms with Gasteiger partial charge in [0.05, 0.1) is 7.11 Å². The highest BCUT2D eigenvalue weighted by molar-refractivity contribution is 5.96. The molecule has 1 aromatic carbocycles. The number of Topliss-reactive ketones (excluding diaryl/α,β-unsaturated/α-hetero) is 1. The van der Waals surface area contributed by atoms with E-state index in [1.165, 1.54) is 20.1 Å². The number of esters is 1. The Bertz CT molecular complexity index is 436. The van der Waals surface area contributed by atoms with E-state index in [2.05, 4.69) is 4.74 Å². The third-order valence-corrected chi connectivity index (χ3v) is 2.01. The number of benzene rings is 1. The van der Waals surface area contributed by atoms with E-state index in [4.69, 9.17) is 0 Å². The molecule has 1 aromatic rings. The molecule has 0 amide bonds. The third kappa shape index (κ3) is 2.50. The Labute approximate surface area is 92.3 Å². The zero-order chi connectivity index (χ0) is 12.3. The van der Waals surface area contributed by atoms with E-state index in [0.29, 0.717) is 0 Å². The Kier molecular flexibility index (Phi) is 3.50.